The lowest BCUT2D eigenvalue weighted by atomic mass is 10.0. The Labute approximate surface area is 253 Å². The van der Waals surface area contributed by atoms with E-state index in [2.05, 4.69) is 29.8 Å². The lowest BCUT2D eigenvalue weighted by Gasteiger charge is -2.12. The van der Waals surface area contributed by atoms with Crippen molar-refractivity contribution in [1.29, 1.82) is 0 Å². The molecule has 0 radical (unpaired) electrons. The van der Waals surface area contributed by atoms with Crippen LogP contribution in [0.4, 0.5) is 17.1 Å². The summed E-state index contributed by atoms with van der Waals surface area (Å²) in [6.45, 7) is 4.23. The van der Waals surface area contributed by atoms with E-state index in [0.29, 0.717) is 22.7 Å². The first-order valence-corrected chi connectivity index (χ1v) is 14.4. The SMILES string of the molecule is CC(C)c1ccc(NC(=O)CSc2ccc(NC(=O)/C(=C/c3ccc([N+](=O)[O-])cc3)NC(=O)c3ccccc3)cc2)cc1. The van der Waals surface area contributed by atoms with E-state index in [-0.39, 0.29) is 23.0 Å². The molecule has 43 heavy (non-hydrogen) atoms. The number of nitrogens with zero attached hydrogens (tertiary/aromatic N) is 1. The van der Waals surface area contributed by atoms with Crippen LogP contribution in [0.15, 0.2) is 114 Å². The van der Waals surface area contributed by atoms with Gasteiger partial charge in [0, 0.05) is 34.0 Å². The van der Waals surface area contributed by atoms with Crippen LogP contribution in [0.1, 0.15) is 41.3 Å². The number of nitro groups is 1. The number of non-ortho nitro benzene ring substituents is 1. The molecule has 0 bridgehead atoms. The van der Waals surface area contributed by atoms with Crippen LogP contribution in [-0.4, -0.2) is 28.4 Å². The van der Waals surface area contributed by atoms with Gasteiger partial charge >= 0.3 is 0 Å². The van der Waals surface area contributed by atoms with Gasteiger partial charge in [-0.25, -0.2) is 0 Å². The number of amides is 3. The number of anilines is 2. The molecule has 9 nitrogen and oxygen atoms in total. The lowest BCUT2D eigenvalue weighted by molar-refractivity contribution is -0.384. The molecule has 10 heteroatoms. The highest BCUT2D eigenvalue weighted by atomic mass is 32.2. The smallest absolute Gasteiger partial charge is 0.272 e. The van der Waals surface area contributed by atoms with Crippen molar-refractivity contribution in [3.05, 3.63) is 136 Å². The molecular formula is C33H30N4O5S. The second-order valence-electron chi connectivity index (χ2n) is 9.82. The molecule has 0 unspecified atom stereocenters. The van der Waals surface area contributed by atoms with Crippen LogP contribution in [0.5, 0.6) is 0 Å². The van der Waals surface area contributed by atoms with Crippen molar-refractivity contribution in [1.82, 2.24) is 5.32 Å². The Morgan fingerprint density at radius 3 is 2.02 bits per heavy atom. The molecule has 3 amide bonds. The van der Waals surface area contributed by atoms with Gasteiger partial charge in [-0.1, -0.05) is 44.2 Å². The number of hydrogen-bond donors (Lipinski definition) is 3. The minimum absolute atomic E-state index is 0.0424. The average Bonchev–Trinajstić information content (AvgIpc) is 3.01. The van der Waals surface area contributed by atoms with Crippen molar-refractivity contribution in [2.75, 3.05) is 16.4 Å². The van der Waals surface area contributed by atoms with Gasteiger partial charge in [0.15, 0.2) is 0 Å². The summed E-state index contributed by atoms with van der Waals surface area (Å²) in [4.78, 5) is 49.8. The molecule has 0 saturated heterocycles. The van der Waals surface area contributed by atoms with Gasteiger partial charge in [0.2, 0.25) is 5.91 Å². The molecule has 218 valence electrons. The second kappa shape index (κ2) is 14.6. The van der Waals surface area contributed by atoms with Gasteiger partial charge < -0.3 is 16.0 Å². The third-order valence-electron chi connectivity index (χ3n) is 6.29. The fourth-order valence-electron chi connectivity index (χ4n) is 3.93. The number of hydrogen-bond acceptors (Lipinski definition) is 6. The Morgan fingerprint density at radius 1 is 0.814 bits per heavy atom. The van der Waals surface area contributed by atoms with E-state index in [9.17, 15) is 24.5 Å². The highest BCUT2D eigenvalue weighted by Crippen LogP contribution is 2.22. The summed E-state index contributed by atoms with van der Waals surface area (Å²) in [6, 6.07) is 28.8. The van der Waals surface area contributed by atoms with Gasteiger partial charge in [0.1, 0.15) is 5.70 Å². The molecule has 0 spiro atoms. The highest BCUT2D eigenvalue weighted by Gasteiger charge is 2.16. The van der Waals surface area contributed by atoms with Crippen molar-refractivity contribution >= 4 is 52.6 Å². The van der Waals surface area contributed by atoms with Crippen LogP contribution in [0.2, 0.25) is 0 Å². The fourth-order valence-corrected chi connectivity index (χ4v) is 4.63. The monoisotopic (exact) mass is 594 g/mol. The number of nitrogens with one attached hydrogen (secondary N) is 3. The van der Waals surface area contributed by atoms with Crippen molar-refractivity contribution in [3.63, 3.8) is 0 Å². The summed E-state index contributed by atoms with van der Waals surface area (Å²) in [5.41, 5.74) is 3.14. The van der Waals surface area contributed by atoms with Gasteiger partial charge in [-0.15, -0.1) is 11.8 Å². The highest BCUT2D eigenvalue weighted by molar-refractivity contribution is 8.00. The average molecular weight is 595 g/mol. The Hall–Kier alpha value is -5.22. The van der Waals surface area contributed by atoms with Gasteiger partial charge in [-0.2, -0.15) is 0 Å². The van der Waals surface area contributed by atoms with E-state index in [1.807, 2.05) is 24.3 Å². The number of nitro benzene ring substituents is 1. The van der Waals surface area contributed by atoms with Crippen LogP contribution in [0, 0.1) is 10.1 Å². The summed E-state index contributed by atoms with van der Waals surface area (Å²) >= 11 is 1.36. The second-order valence-corrected chi connectivity index (χ2v) is 10.9. The molecule has 0 aliphatic rings. The van der Waals surface area contributed by atoms with Crippen molar-refractivity contribution in [2.24, 2.45) is 0 Å². The van der Waals surface area contributed by atoms with Crippen molar-refractivity contribution < 1.29 is 19.3 Å². The Bertz CT molecular complexity index is 1620. The van der Waals surface area contributed by atoms with Crippen molar-refractivity contribution in [3.8, 4) is 0 Å². The molecule has 3 N–H and O–H groups in total. The van der Waals surface area contributed by atoms with Crippen LogP contribution in [0.3, 0.4) is 0 Å². The molecule has 4 rings (SSSR count). The summed E-state index contributed by atoms with van der Waals surface area (Å²) in [6.07, 6.45) is 1.44. The molecule has 0 aromatic heterocycles. The normalized spacial score (nSPS) is 11.1. The summed E-state index contributed by atoms with van der Waals surface area (Å²) in [5, 5.41) is 19.3. The summed E-state index contributed by atoms with van der Waals surface area (Å²) in [5.74, 6) is -0.560. The molecular weight excluding hydrogens is 564 g/mol. The van der Waals surface area contributed by atoms with E-state index in [4.69, 9.17) is 0 Å². The third kappa shape index (κ3) is 9.14. The minimum atomic E-state index is -0.578. The fraction of sp³-hybridized carbons (Fsp3) is 0.121. The molecule has 0 saturated carbocycles. The summed E-state index contributed by atoms with van der Waals surface area (Å²) < 4.78 is 0. The van der Waals surface area contributed by atoms with Crippen molar-refractivity contribution in [2.45, 2.75) is 24.7 Å². The largest absolute Gasteiger partial charge is 0.325 e. The maximum Gasteiger partial charge on any atom is 0.272 e. The number of thioether (sulfide) groups is 1. The maximum absolute atomic E-state index is 13.2. The van der Waals surface area contributed by atoms with Gasteiger partial charge in [-0.3, -0.25) is 24.5 Å². The molecule has 0 fully saturated rings. The standard InChI is InChI=1S/C33H30N4O5S/c1-22(2)24-10-12-26(13-11-24)34-31(38)21-43-29-18-14-27(15-19-29)35-33(40)30(36-32(39)25-6-4-3-5-7-25)20-23-8-16-28(17-9-23)37(41)42/h3-20,22H,21H2,1-2H3,(H,34,38)(H,35,40)(H,36,39)/b30-20-. The van der Waals surface area contributed by atoms with Gasteiger partial charge in [0.25, 0.3) is 17.5 Å². The van der Waals surface area contributed by atoms with E-state index in [1.54, 1.807) is 54.6 Å². The molecule has 0 aliphatic carbocycles. The Morgan fingerprint density at radius 2 is 1.42 bits per heavy atom. The zero-order chi connectivity index (χ0) is 30.8. The summed E-state index contributed by atoms with van der Waals surface area (Å²) in [7, 11) is 0. The van der Waals surface area contributed by atoms with E-state index >= 15 is 0 Å². The number of carbonyl (C=O) groups excluding carboxylic acids is 3. The number of benzene rings is 4. The quantitative estimate of drug-likeness (QED) is 0.0753. The minimum Gasteiger partial charge on any atom is -0.325 e. The van der Waals surface area contributed by atoms with Gasteiger partial charge in [0.05, 0.1) is 10.7 Å². The number of carbonyl (C=O) groups is 3. The first-order chi connectivity index (χ1) is 20.7. The molecule has 0 aliphatic heterocycles. The molecule has 0 atom stereocenters. The number of rotatable bonds is 11. The topological polar surface area (TPSA) is 130 Å². The first-order valence-electron chi connectivity index (χ1n) is 13.4. The molecule has 4 aromatic rings. The van der Waals surface area contributed by atoms with E-state index in [0.717, 1.165) is 10.6 Å². The van der Waals surface area contributed by atoms with Crippen LogP contribution in [-0.2, 0) is 9.59 Å². The Balaban J connectivity index is 1.39. The van der Waals surface area contributed by atoms with Crippen LogP contribution < -0.4 is 16.0 Å². The molecule has 0 heterocycles. The Kier molecular flexibility index (Phi) is 10.4. The third-order valence-corrected chi connectivity index (χ3v) is 7.30. The van der Waals surface area contributed by atoms with Crippen LogP contribution in [0.25, 0.3) is 6.08 Å². The van der Waals surface area contributed by atoms with Crippen LogP contribution >= 0.6 is 11.8 Å². The first kappa shape index (κ1) is 30.7. The zero-order valence-electron chi connectivity index (χ0n) is 23.6. The zero-order valence-corrected chi connectivity index (χ0v) is 24.4. The van der Waals surface area contributed by atoms with E-state index < -0.39 is 16.7 Å². The lowest BCUT2D eigenvalue weighted by Crippen LogP contribution is -2.30. The van der Waals surface area contributed by atoms with E-state index in [1.165, 1.54) is 47.7 Å². The predicted molar refractivity (Wildman–Crippen MR) is 170 cm³/mol. The maximum atomic E-state index is 13.2. The molecule has 4 aromatic carbocycles. The predicted octanol–water partition coefficient (Wildman–Crippen LogP) is 6.86. The van der Waals surface area contributed by atoms with Gasteiger partial charge in [-0.05, 0) is 83.8 Å².